The Morgan fingerprint density at radius 2 is 2.10 bits per heavy atom. The number of ether oxygens (including phenoxy) is 1. The van der Waals surface area contributed by atoms with Crippen LogP contribution in [0, 0.1) is 5.82 Å². The van der Waals surface area contributed by atoms with E-state index in [0.29, 0.717) is 38.2 Å². The first kappa shape index (κ1) is 18.0. The molecule has 0 bridgehead atoms. The number of nitrogens with one attached hydrogen (secondary N) is 1. The third-order valence-corrected chi connectivity index (χ3v) is 5.04. The maximum Gasteiger partial charge on any atom is 0.243 e. The summed E-state index contributed by atoms with van der Waals surface area (Å²) in [6, 6.07) is 3.86. The molecule has 1 aromatic carbocycles. The van der Waals surface area contributed by atoms with Gasteiger partial charge in [-0.1, -0.05) is 13.0 Å². The van der Waals surface area contributed by atoms with E-state index in [0.717, 1.165) is 6.07 Å². The van der Waals surface area contributed by atoms with Gasteiger partial charge in [-0.15, -0.1) is 0 Å². The van der Waals surface area contributed by atoms with Crippen LogP contribution in [0.4, 0.5) is 4.39 Å². The number of hydrogen-bond acceptors (Lipinski definition) is 4. The summed E-state index contributed by atoms with van der Waals surface area (Å²) in [4.78, 5) is 0.0170. The van der Waals surface area contributed by atoms with Gasteiger partial charge >= 0.3 is 0 Å². The van der Waals surface area contributed by atoms with Gasteiger partial charge < -0.3 is 10.1 Å². The minimum Gasteiger partial charge on any atom is -0.385 e. The van der Waals surface area contributed by atoms with Crippen molar-refractivity contribution >= 4 is 10.0 Å². The Balaban J connectivity index is 3.02. The molecule has 0 radical (unpaired) electrons. The van der Waals surface area contributed by atoms with Crippen molar-refractivity contribution < 1.29 is 17.5 Å². The molecule has 0 heterocycles. The second-order valence-corrected chi connectivity index (χ2v) is 6.72. The Bertz CT molecular complexity index is 549. The van der Waals surface area contributed by atoms with E-state index in [1.165, 1.54) is 23.5 Å². The molecule has 0 atom stereocenters. The fourth-order valence-electron chi connectivity index (χ4n) is 1.89. The van der Waals surface area contributed by atoms with E-state index >= 15 is 0 Å². The second kappa shape index (κ2) is 8.43. The summed E-state index contributed by atoms with van der Waals surface area (Å²) in [6.07, 6.45) is 0.587. The molecule has 0 saturated carbocycles. The molecule has 0 aliphatic rings. The zero-order valence-corrected chi connectivity index (χ0v) is 13.5. The predicted octanol–water partition coefficient (Wildman–Crippen LogP) is 1.59. The van der Waals surface area contributed by atoms with E-state index in [-0.39, 0.29) is 4.90 Å². The predicted molar refractivity (Wildman–Crippen MR) is 80.1 cm³/mol. The van der Waals surface area contributed by atoms with Gasteiger partial charge in [-0.2, -0.15) is 0 Å². The molecule has 0 saturated heterocycles. The largest absolute Gasteiger partial charge is 0.385 e. The van der Waals surface area contributed by atoms with Crippen molar-refractivity contribution in [2.75, 3.05) is 33.9 Å². The highest BCUT2D eigenvalue weighted by atomic mass is 32.2. The average Bonchev–Trinajstić information content (AvgIpc) is 2.46. The smallest absolute Gasteiger partial charge is 0.243 e. The van der Waals surface area contributed by atoms with Crippen LogP contribution < -0.4 is 5.32 Å². The maximum atomic E-state index is 13.4. The third-order valence-electron chi connectivity index (χ3n) is 3.10. The molecule has 0 amide bonds. The molecule has 1 rings (SSSR count). The lowest BCUT2D eigenvalue weighted by Crippen LogP contribution is -2.30. The summed E-state index contributed by atoms with van der Waals surface area (Å²) in [5.74, 6) is -0.556. The molecule has 5 nitrogen and oxygen atoms in total. The molecule has 0 aromatic heterocycles. The third kappa shape index (κ3) is 5.03. The molecule has 7 heteroatoms. The maximum absolute atomic E-state index is 13.4. The fraction of sp³-hybridized carbons (Fsp3) is 0.571. The quantitative estimate of drug-likeness (QED) is 0.703. The number of halogens is 1. The molecular formula is C14H23FN2O3S. The number of nitrogens with zero attached hydrogens (tertiary/aromatic N) is 1. The lowest BCUT2D eigenvalue weighted by atomic mass is 10.2. The van der Waals surface area contributed by atoms with E-state index in [9.17, 15) is 12.8 Å². The van der Waals surface area contributed by atoms with Crippen molar-refractivity contribution in [3.8, 4) is 0 Å². The zero-order valence-electron chi connectivity index (χ0n) is 12.7. The summed E-state index contributed by atoms with van der Waals surface area (Å²) < 4.78 is 44.7. The van der Waals surface area contributed by atoms with Gasteiger partial charge in [0.15, 0.2) is 0 Å². The van der Waals surface area contributed by atoms with Gasteiger partial charge in [-0.3, -0.25) is 0 Å². The summed E-state index contributed by atoms with van der Waals surface area (Å²) >= 11 is 0. The van der Waals surface area contributed by atoms with Crippen LogP contribution in [0.5, 0.6) is 0 Å². The van der Waals surface area contributed by atoms with Crippen molar-refractivity contribution in [2.45, 2.75) is 24.8 Å². The first-order valence-corrected chi connectivity index (χ1v) is 8.32. The normalized spacial score (nSPS) is 12.0. The monoisotopic (exact) mass is 318 g/mol. The Hall–Kier alpha value is -1.02. The van der Waals surface area contributed by atoms with Gasteiger partial charge in [0.05, 0.1) is 4.90 Å². The van der Waals surface area contributed by atoms with Gasteiger partial charge in [0.2, 0.25) is 10.0 Å². The van der Waals surface area contributed by atoms with Crippen LogP contribution in [0.2, 0.25) is 0 Å². The molecule has 120 valence electrons. The number of hydrogen-bond donors (Lipinski definition) is 1. The molecule has 1 N–H and O–H groups in total. The lowest BCUT2D eigenvalue weighted by molar-refractivity contribution is 0.189. The molecule has 0 fully saturated rings. The minimum atomic E-state index is -3.71. The van der Waals surface area contributed by atoms with Crippen molar-refractivity contribution in [1.82, 2.24) is 9.62 Å². The van der Waals surface area contributed by atoms with E-state index in [1.54, 1.807) is 7.11 Å². The summed E-state index contributed by atoms with van der Waals surface area (Å²) in [6.45, 7) is 3.83. The summed E-state index contributed by atoms with van der Waals surface area (Å²) in [5, 5.41) is 3.06. The van der Waals surface area contributed by atoms with Crippen molar-refractivity contribution in [2.24, 2.45) is 0 Å². The van der Waals surface area contributed by atoms with Crippen LogP contribution in [-0.4, -0.2) is 46.6 Å². The van der Waals surface area contributed by atoms with E-state index in [2.05, 4.69) is 5.32 Å². The number of rotatable bonds is 9. The first-order chi connectivity index (χ1) is 9.93. The SMILES string of the molecule is CCNCc1ccc(F)cc1S(=O)(=O)N(C)CCCOC. The van der Waals surface area contributed by atoms with Crippen LogP contribution in [0.1, 0.15) is 18.9 Å². The van der Waals surface area contributed by atoms with Gasteiger partial charge in [0.1, 0.15) is 5.82 Å². The molecular weight excluding hydrogens is 295 g/mol. The molecule has 0 aliphatic carbocycles. The first-order valence-electron chi connectivity index (χ1n) is 6.88. The van der Waals surface area contributed by atoms with E-state index in [1.807, 2.05) is 6.92 Å². The Morgan fingerprint density at radius 1 is 1.38 bits per heavy atom. The second-order valence-electron chi connectivity index (χ2n) is 4.71. The minimum absolute atomic E-state index is 0.0170. The standard InChI is InChI=1S/C14H23FN2O3S/c1-4-16-11-12-6-7-13(15)10-14(12)21(18,19)17(2)8-5-9-20-3/h6-7,10,16H,4-5,8-9,11H2,1-3H3. The van der Waals surface area contributed by atoms with E-state index in [4.69, 9.17) is 4.74 Å². The fourth-order valence-corrected chi connectivity index (χ4v) is 3.33. The highest BCUT2D eigenvalue weighted by Crippen LogP contribution is 2.21. The van der Waals surface area contributed by atoms with Crippen LogP contribution >= 0.6 is 0 Å². The summed E-state index contributed by atoms with van der Waals surface area (Å²) in [7, 11) is -0.647. The van der Waals surface area contributed by atoms with Crippen molar-refractivity contribution in [3.63, 3.8) is 0 Å². The van der Waals surface area contributed by atoms with Gasteiger partial charge in [0, 0.05) is 33.9 Å². The Kier molecular flexibility index (Phi) is 7.24. The van der Waals surface area contributed by atoms with Gasteiger partial charge in [0.25, 0.3) is 0 Å². The van der Waals surface area contributed by atoms with Crippen LogP contribution in [0.15, 0.2) is 23.1 Å². The molecule has 0 unspecified atom stereocenters. The molecule has 0 aliphatic heterocycles. The van der Waals surface area contributed by atoms with Crippen LogP contribution in [0.25, 0.3) is 0 Å². The van der Waals surface area contributed by atoms with E-state index < -0.39 is 15.8 Å². The molecule has 21 heavy (non-hydrogen) atoms. The average molecular weight is 318 g/mol. The van der Waals surface area contributed by atoms with Crippen LogP contribution in [0.3, 0.4) is 0 Å². The van der Waals surface area contributed by atoms with Crippen molar-refractivity contribution in [1.29, 1.82) is 0 Å². The molecule has 0 spiro atoms. The number of benzene rings is 1. The highest BCUT2D eigenvalue weighted by Gasteiger charge is 2.24. The topological polar surface area (TPSA) is 58.6 Å². The van der Waals surface area contributed by atoms with Crippen molar-refractivity contribution in [3.05, 3.63) is 29.6 Å². The zero-order chi connectivity index (χ0) is 15.9. The lowest BCUT2D eigenvalue weighted by Gasteiger charge is -2.19. The van der Waals surface area contributed by atoms with Crippen LogP contribution in [-0.2, 0) is 21.3 Å². The Morgan fingerprint density at radius 3 is 2.71 bits per heavy atom. The summed E-state index contributed by atoms with van der Waals surface area (Å²) in [5.41, 5.74) is 0.567. The van der Waals surface area contributed by atoms with Gasteiger partial charge in [-0.25, -0.2) is 17.1 Å². The highest BCUT2D eigenvalue weighted by molar-refractivity contribution is 7.89. The number of methoxy groups -OCH3 is 1. The molecule has 1 aromatic rings. The number of sulfonamides is 1. The Labute approximate surface area is 126 Å². The van der Waals surface area contributed by atoms with Gasteiger partial charge in [-0.05, 0) is 30.7 Å².